The van der Waals surface area contributed by atoms with Crippen molar-refractivity contribution in [2.75, 3.05) is 19.8 Å². The predicted octanol–water partition coefficient (Wildman–Crippen LogP) is 2.10. The first-order valence-corrected chi connectivity index (χ1v) is 6.79. The number of hydrogen-bond donors (Lipinski definition) is 0. The maximum Gasteiger partial charge on any atom is 0.338 e. The number of hydrogen-bond acceptors (Lipinski definition) is 4. The Hall–Kier alpha value is -1.39. The Morgan fingerprint density at radius 1 is 1.32 bits per heavy atom. The van der Waals surface area contributed by atoms with Crippen molar-refractivity contribution in [1.29, 1.82) is 0 Å². The van der Waals surface area contributed by atoms with Crippen LogP contribution in [0.25, 0.3) is 0 Å². The van der Waals surface area contributed by atoms with Crippen LogP contribution in [0.15, 0.2) is 18.2 Å². The Bertz CT molecular complexity index is 489. The smallest absolute Gasteiger partial charge is 0.338 e. The summed E-state index contributed by atoms with van der Waals surface area (Å²) in [6.07, 6.45) is 2.53. The number of carbonyl (C=O) groups excluding carboxylic acids is 1. The number of esters is 1. The minimum absolute atomic E-state index is 0.266. The standard InChI is InChI=1S/C15H18O4/c1-2-17-14(16)12-4-3-11-5-6-15(10-13(11)9-12)18-7-8-19-15/h3-4,9H,2,5-8,10H2,1H3. The molecular formula is C15H18O4. The Morgan fingerprint density at radius 3 is 2.84 bits per heavy atom. The molecule has 0 aromatic heterocycles. The third kappa shape index (κ3) is 2.38. The average Bonchev–Trinajstić information content (AvgIpc) is 2.86. The molecular weight excluding hydrogens is 244 g/mol. The largest absolute Gasteiger partial charge is 0.462 e. The number of fused-ring (bicyclic) bond motifs is 1. The van der Waals surface area contributed by atoms with Crippen molar-refractivity contribution in [1.82, 2.24) is 0 Å². The van der Waals surface area contributed by atoms with Crippen LogP contribution < -0.4 is 0 Å². The summed E-state index contributed by atoms with van der Waals surface area (Å²) < 4.78 is 16.5. The topological polar surface area (TPSA) is 44.8 Å². The third-order valence-corrected chi connectivity index (χ3v) is 3.77. The molecule has 0 saturated carbocycles. The van der Waals surface area contributed by atoms with Crippen LogP contribution in [0.5, 0.6) is 0 Å². The molecule has 1 aliphatic heterocycles. The van der Waals surface area contributed by atoms with Crippen LogP contribution in [0.2, 0.25) is 0 Å². The molecule has 4 nitrogen and oxygen atoms in total. The first kappa shape index (κ1) is 12.6. The molecule has 1 aliphatic carbocycles. The molecule has 0 bridgehead atoms. The lowest BCUT2D eigenvalue weighted by molar-refractivity contribution is -0.163. The Kier molecular flexibility index (Phi) is 3.29. The van der Waals surface area contributed by atoms with Crippen LogP contribution in [0.4, 0.5) is 0 Å². The van der Waals surface area contributed by atoms with Crippen molar-refractivity contribution in [2.24, 2.45) is 0 Å². The third-order valence-electron chi connectivity index (χ3n) is 3.77. The van der Waals surface area contributed by atoms with Crippen molar-refractivity contribution >= 4 is 5.97 Å². The van der Waals surface area contributed by atoms with Gasteiger partial charge < -0.3 is 14.2 Å². The highest BCUT2D eigenvalue weighted by atomic mass is 16.7. The van der Waals surface area contributed by atoms with Crippen molar-refractivity contribution < 1.29 is 19.0 Å². The van der Waals surface area contributed by atoms with E-state index in [1.165, 1.54) is 5.56 Å². The molecule has 1 spiro atoms. The fourth-order valence-corrected chi connectivity index (χ4v) is 2.82. The minimum atomic E-state index is -0.458. The Morgan fingerprint density at radius 2 is 2.11 bits per heavy atom. The average molecular weight is 262 g/mol. The lowest BCUT2D eigenvalue weighted by Gasteiger charge is -2.32. The molecule has 0 unspecified atom stereocenters. The summed E-state index contributed by atoms with van der Waals surface area (Å²) in [6.45, 7) is 3.53. The summed E-state index contributed by atoms with van der Waals surface area (Å²) >= 11 is 0. The highest BCUT2D eigenvalue weighted by molar-refractivity contribution is 5.89. The molecule has 1 aromatic carbocycles. The molecule has 1 saturated heterocycles. The molecule has 0 radical (unpaired) electrons. The minimum Gasteiger partial charge on any atom is -0.462 e. The van der Waals surface area contributed by atoms with Crippen molar-refractivity contribution in [3.8, 4) is 0 Å². The van der Waals surface area contributed by atoms with Gasteiger partial charge in [0.2, 0.25) is 0 Å². The van der Waals surface area contributed by atoms with E-state index in [-0.39, 0.29) is 5.97 Å². The van der Waals surface area contributed by atoms with Crippen LogP contribution >= 0.6 is 0 Å². The van der Waals surface area contributed by atoms with E-state index < -0.39 is 5.79 Å². The fraction of sp³-hybridized carbons (Fsp3) is 0.533. The normalized spacial score (nSPS) is 20.3. The number of rotatable bonds is 2. The van der Waals surface area contributed by atoms with Gasteiger partial charge in [0.15, 0.2) is 5.79 Å². The van der Waals surface area contributed by atoms with Gasteiger partial charge in [0, 0.05) is 12.8 Å². The molecule has 1 aromatic rings. The van der Waals surface area contributed by atoms with Crippen LogP contribution in [-0.2, 0) is 27.1 Å². The Labute approximate surface area is 112 Å². The first-order valence-electron chi connectivity index (χ1n) is 6.79. The van der Waals surface area contributed by atoms with Gasteiger partial charge in [-0.15, -0.1) is 0 Å². The molecule has 0 atom stereocenters. The number of carbonyl (C=O) groups is 1. The van der Waals surface area contributed by atoms with Gasteiger partial charge in [0.05, 0.1) is 25.4 Å². The number of aryl methyl sites for hydroxylation is 1. The quantitative estimate of drug-likeness (QED) is 0.766. The summed E-state index contributed by atoms with van der Waals surface area (Å²) in [5.74, 6) is -0.724. The summed E-state index contributed by atoms with van der Waals surface area (Å²) in [5, 5.41) is 0. The lowest BCUT2D eigenvalue weighted by Crippen LogP contribution is -2.37. The molecule has 2 aliphatic rings. The van der Waals surface area contributed by atoms with E-state index in [1.54, 1.807) is 0 Å². The molecule has 102 valence electrons. The molecule has 1 heterocycles. The van der Waals surface area contributed by atoms with Gasteiger partial charge in [0.25, 0.3) is 0 Å². The molecule has 1 fully saturated rings. The molecule has 4 heteroatoms. The summed E-state index contributed by atoms with van der Waals surface area (Å²) in [6, 6.07) is 5.77. The van der Waals surface area contributed by atoms with E-state index in [0.717, 1.165) is 24.8 Å². The van der Waals surface area contributed by atoms with Crippen LogP contribution in [0.1, 0.15) is 34.8 Å². The van der Waals surface area contributed by atoms with Gasteiger partial charge in [-0.05, 0) is 36.6 Å². The fourth-order valence-electron chi connectivity index (χ4n) is 2.82. The highest BCUT2D eigenvalue weighted by Crippen LogP contribution is 2.35. The molecule has 0 amide bonds. The second-order valence-electron chi connectivity index (χ2n) is 4.99. The van der Waals surface area contributed by atoms with Crippen molar-refractivity contribution in [2.45, 2.75) is 32.0 Å². The van der Waals surface area contributed by atoms with E-state index in [9.17, 15) is 4.79 Å². The maximum absolute atomic E-state index is 11.8. The highest BCUT2D eigenvalue weighted by Gasteiger charge is 2.39. The predicted molar refractivity (Wildman–Crippen MR) is 69.1 cm³/mol. The van der Waals surface area contributed by atoms with Crippen LogP contribution in [-0.4, -0.2) is 31.6 Å². The zero-order valence-electron chi connectivity index (χ0n) is 11.1. The SMILES string of the molecule is CCOC(=O)c1ccc2c(c1)CC1(CC2)OCCO1. The Balaban J connectivity index is 1.85. The maximum atomic E-state index is 11.8. The molecule has 19 heavy (non-hydrogen) atoms. The van der Waals surface area contributed by atoms with E-state index >= 15 is 0 Å². The van der Waals surface area contributed by atoms with E-state index in [2.05, 4.69) is 0 Å². The molecule has 0 N–H and O–H groups in total. The summed E-state index contributed by atoms with van der Waals surface area (Å²) in [4.78, 5) is 11.8. The first-order chi connectivity index (χ1) is 9.22. The van der Waals surface area contributed by atoms with Gasteiger partial charge in [0.1, 0.15) is 0 Å². The van der Waals surface area contributed by atoms with E-state index in [1.807, 2.05) is 25.1 Å². The van der Waals surface area contributed by atoms with Crippen molar-refractivity contribution in [3.05, 3.63) is 34.9 Å². The van der Waals surface area contributed by atoms with Crippen LogP contribution in [0, 0.1) is 0 Å². The molecule has 3 rings (SSSR count). The van der Waals surface area contributed by atoms with Gasteiger partial charge in [-0.2, -0.15) is 0 Å². The second kappa shape index (κ2) is 4.94. The zero-order chi connectivity index (χ0) is 13.3. The lowest BCUT2D eigenvalue weighted by atomic mass is 9.86. The number of ether oxygens (including phenoxy) is 3. The van der Waals surface area contributed by atoms with Gasteiger partial charge in [-0.1, -0.05) is 6.07 Å². The summed E-state index contributed by atoms with van der Waals surface area (Å²) in [7, 11) is 0. The zero-order valence-corrected chi connectivity index (χ0v) is 11.1. The van der Waals surface area contributed by atoms with E-state index in [0.29, 0.717) is 25.4 Å². The second-order valence-corrected chi connectivity index (χ2v) is 4.99. The summed E-state index contributed by atoms with van der Waals surface area (Å²) in [5.41, 5.74) is 3.02. The van der Waals surface area contributed by atoms with Gasteiger partial charge >= 0.3 is 5.97 Å². The van der Waals surface area contributed by atoms with Gasteiger partial charge in [-0.25, -0.2) is 4.79 Å². The van der Waals surface area contributed by atoms with E-state index in [4.69, 9.17) is 14.2 Å². The van der Waals surface area contributed by atoms with Crippen LogP contribution in [0.3, 0.4) is 0 Å². The number of benzene rings is 1. The van der Waals surface area contributed by atoms with Gasteiger partial charge in [-0.3, -0.25) is 0 Å². The monoisotopic (exact) mass is 262 g/mol. The van der Waals surface area contributed by atoms with Crippen molar-refractivity contribution in [3.63, 3.8) is 0 Å².